The number of nitrogens with zero attached hydrogens (tertiary/aromatic N) is 1. The van der Waals surface area contributed by atoms with Crippen molar-refractivity contribution in [1.29, 1.82) is 0 Å². The summed E-state index contributed by atoms with van der Waals surface area (Å²) in [5, 5.41) is 13.7. The zero-order chi connectivity index (χ0) is 35.6. The third-order valence-electron chi connectivity index (χ3n) is 18.2. The predicted molar refractivity (Wildman–Crippen MR) is 201 cm³/mol. The molecule has 7 heteroatoms. The Morgan fingerprint density at radius 2 is 1.64 bits per heavy atom. The topological polar surface area (TPSA) is 86.7 Å². The minimum Gasteiger partial charge on any atom is -0.478 e. The number of aromatic carboxylic acids is 1. The fourth-order valence-electron chi connectivity index (χ4n) is 15.7. The molecule has 2 aliphatic heterocycles. The Labute approximate surface area is 303 Å². The van der Waals surface area contributed by atoms with Gasteiger partial charge in [-0.2, -0.15) is 0 Å². The van der Waals surface area contributed by atoms with Crippen LogP contribution in [0.1, 0.15) is 141 Å². The zero-order valence-electron chi connectivity index (χ0n) is 32.1. The van der Waals surface area contributed by atoms with Crippen molar-refractivity contribution in [2.24, 2.45) is 57.2 Å². The lowest BCUT2D eigenvalue weighted by Crippen LogP contribution is -2.68. The van der Waals surface area contributed by atoms with Gasteiger partial charge in [-0.05, 0) is 151 Å². The summed E-state index contributed by atoms with van der Waals surface area (Å²) in [6.07, 6.45) is 13.9. The van der Waals surface area contributed by atoms with Gasteiger partial charge in [-0.25, -0.2) is 13.2 Å². The van der Waals surface area contributed by atoms with Gasteiger partial charge in [0.05, 0.1) is 16.6 Å². The third kappa shape index (κ3) is 4.96. The van der Waals surface area contributed by atoms with Crippen LogP contribution in [0.5, 0.6) is 0 Å². The van der Waals surface area contributed by atoms with Gasteiger partial charge in [0, 0.05) is 31.2 Å². The smallest absolute Gasteiger partial charge is 0.335 e. The monoisotopic (exact) mass is 706 g/mol. The predicted octanol–water partition coefficient (Wildman–Crippen LogP) is 8.42. The Balaban J connectivity index is 1.03. The molecular weight excluding hydrogens is 641 g/mol. The van der Waals surface area contributed by atoms with Gasteiger partial charge in [0.1, 0.15) is 0 Å². The molecule has 2 heterocycles. The number of likely N-dealkylation sites (tertiary alicyclic amines) is 1. The van der Waals surface area contributed by atoms with Gasteiger partial charge in [0.25, 0.3) is 0 Å². The highest BCUT2D eigenvalue weighted by molar-refractivity contribution is 7.92. The summed E-state index contributed by atoms with van der Waals surface area (Å²) in [7, 11) is -2.85. The molecule has 0 unspecified atom stereocenters. The van der Waals surface area contributed by atoms with Crippen LogP contribution >= 0.6 is 0 Å². The van der Waals surface area contributed by atoms with E-state index in [0.29, 0.717) is 45.3 Å². The molecule has 5 saturated carbocycles. The fourth-order valence-corrected chi connectivity index (χ4v) is 17.7. The molecule has 278 valence electrons. The summed E-state index contributed by atoms with van der Waals surface area (Å²) in [5.74, 6) is 4.35. The molecule has 8 rings (SSSR count). The van der Waals surface area contributed by atoms with E-state index < -0.39 is 15.8 Å². The maximum Gasteiger partial charge on any atom is 0.335 e. The molecule has 0 amide bonds. The number of carboxylic acid groups (broad SMARTS) is 1. The molecule has 1 aromatic carbocycles. The van der Waals surface area contributed by atoms with Crippen molar-refractivity contribution < 1.29 is 18.3 Å². The zero-order valence-corrected chi connectivity index (χ0v) is 33.0. The highest BCUT2D eigenvalue weighted by Gasteiger charge is 2.71. The van der Waals surface area contributed by atoms with Gasteiger partial charge in [-0.3, -0.25) is 4.90 Å². The molecule has 7 fully saturated rings. The van der Waals surface area contributed by atoms with Crippen molar-refractivity contribution in [3.8, 4) is 0 Å². The van der Waals surface area contributed by atoms with Crippen molar-refractivity contribution in [3.05, 3.63) is 35.4 Å². The average molecular weight is 707 g/mol. The van der Waals surface area contributed by atoms with Gasteiger partial charge >= 0.3 is 5.97 Å². The Morgan fingerprint density at radius 1 is 0.900 bits per heavy atom. The van der Waals surface area contributed by atoms with Crippen molar-refractivity contribution in [2.75, 3.05) is 25.4 Å². The lowest BCUT2D eigenvalue weighted by Gasteiger charge is -2.73. The first-order valence-corrected chi connectivity index (χ1v) is 22.2. The maximum absolute atomic E-state index is 12.4. The maximum atomic E-state index is 12.4. The number of carboxylic acids is 1. The number of hydrogen-bond donors (Lipinski definition) is 2. The van der Waals surface area contributed by atoms with Crippen LogP contribution < -0.4 is 5.32 Å². The standard InChI is InChI=1S/C43H66N2O4S/c1-27(2)32-14-19-43(44-22-23-45-25-31-24-30(45)26-50(31,48)49)21-20-41(6)34(37(32)43)12-13-36-40(5)17-15-33(28-8-10-29(11-9-28)38(46)47)39(3,4)35(40)16-18-42(36,41)7/h8-11,27,30-37,44H,12-26H2,1-7H3,(H,46,47)/t30-,31-,32-,33-,34+,35-,36+,37+,40-,41+,42+,43-/m0/s1. The Bertz CT molecular complexity index is 1610. The number of sulfone groups is 1. The minimum atomic E-state index is -2.85. The van der Waals surface area contributed by atoms with E-state index in [1.165, 1.54) is 69.8 Å². The quantitative estimate of drug-likeness (QED) is 0.296. The van der Waals surface area contributed by atoms with Gasteiger partial charge in [0.2, 0.25) is 0 Å². The molecule has 2 bridgehead atoms. The van der Waals surface area contributed by atoms with Crippen molar-refractivity contribution >= 4 is 15.8 Å². The van der Waals surface area contributed by atoms with Gasteiger partial charge < -0.3 is 10.4 Å². The molecule has 5 aliphatic carbocycles. The van der Waals surface area contributed by atoms with E-state index in [1.807, 2.05) is 12.1 Å². The lowest BCUT2D eigenvalue weighted by molar-refractivity contribution is -0.235. The summed E-state index contributed by atoms with van der Waals surface area (Å²) < 4.78 is 24.8. The first kappa shape index (κ1) is 35.6. The first-order valence-electron chi connectivity index (χ1n) is 20.5. The molecule has 0 radical (unpaired) electrons. The van der Waals surface area contributed by atoms with Crippen LogP contribution in [0.15, 0.2) is 24.3 Å². The highest BCUT2D eigenvalue weighted by atomic mass is 32.2. The van der Waals surface area contributed by atoms with Crippen molar-refractivity contribution in [2.45, 2.75) is 142 Å². The normalized spacial score (nSPS) is 47.4. The second-order valence-corrected chi connectivity index (χ2v) is 22.7. The highest BCUT2D eigenvalue weighted by Crippen LogP contribution is 2.77. The molecule has 1 aromatic rings. The number of rotatable bonds is 7. The van der Waals surface area contributed by atoms with Crippen LogP contribution in [-0.2, 0) is 9.84 Å². The molecule has 6 nitrogen and oxygen atoms in total. The molecule has 50 heavy (non-hydrogen) atoms. The number of nitrogens with one attached hydrogen (secondary N) is 1. The van der Waals surface area contributed by atoms with Crippen LogP contribution in [0.25, 0.3) is 0 Å². The molecule has 7 aliphatic rings. The first-order chi connectivity index (χ1) is 23.5. The summed E-state index contributed by atoms with van der Waals surface area (Å²) in [6.45, 7) is 21.0. The Kier molecular flexibility index (Phi) is 8.38. The third-order valence-corrected chi connectivity index (χ3v) is 20.4. The molecule has 2 saturated heterocycles. The average Bonchev–Trinajstić information content (AvgIpc) is 3.72. The van der Waals surface area contributed by atoms with E-state index in [2.05, 4.69) is 70.8 Å². The van der Waals surface area contributed by atoms with E-state index in [0.717, 1.165) is 49.7 Å². The molecular formula is C43H66N2O4S. The minimum absolute atomic E-state index is 0.121. The molecule has 2 N–H and O–H groups in total. The van der Waals surface area contributed by atoms with E-state index in [4.69, 9.17) is 0 Å². The summed E-state index contributed by atoms with van der Waals surface area (Å²) in [5.41, 5.74) is 3.10. The van der Waals surface area contributed by atoms with E-state index in [9.17, 15) is 18.3 Å². The number of hydrogen-bond acceptors (Lipinski definition) is 5. The number of fused-ring (bicyclic) bond motifs is 9. The van der Waals surface area contributed by atoms with Crippen molar-refractivity contribution in [3.63, 3.8) is 0 Å². The van der Waals surface area contributed by atoms with Crippen LogP contribution in [-0.4, -0.2) is 66.6 Å². The van der Waals surface area contributed by atoms with Gasteiger partial charge in [0.15, 0.2) is 9.84 Å². The largest absolute Gasteiger partial charge is 0.478 e. The molecule has 0 aromatic heterocycles. The van der Waals surface area contributed by atoms with E-state index in [1.54, 1.807) is 0 Å². The van der Waals surface area contributed by atoms with E-state index >= 15 is 0 Å². The molecule has 0 spiro atoms. The Hall–Kier alpha value is -1.44. The van der Waals surface area contributed by atoms with Gasteiger partial charge in [-0.15, -0.1) is 0 Å². The Morgan fingerprint density at radius 3 is 2.28 bits per heavy atom. The summed E-state index contributed by atoms with van der Waals surface area (Å²) in [6, 6.07) is 8.08. The van der Waals surface area contributed by atoms with Gasteiger partial charge in [-0.1, -0.05) is 60.6 Å². The second-order valence-electron chi connectivity index (χ2n) is 20.4. The second kappa shape index (κ2) is 11.8. The lowest BCUT2D eigenvalue weighted by atomic mass is 9.32. The van der Waals surface area contributed by atoms with Crippen LogP contribution in [0.2, 0.25) is 0 Å². The van der Waals surface area contributed by atoms with Crippen molar-refractivity contribution in [1.82, 2.24) is 10.2 Å². The van der Waals surface area contributed by atoms with Crippen LogP contribution in [0.3, 0.4) is 0 Å². The summed E-state index contributed by atoms with van der Waals surface area (Å²) >= 11 is 0. The van der Waals surface area contributed by atoms with Crippen LogP contribution in [0.4, 0.5) is 0 Å². The number of carbonyl (C=O) groups is 1. The van der Waals surface area contributed by atoms with Crippen LogP contribution in [0, 0.1) is 57.2 Å². The SMILES string of the molecule is CC(C)[C@@H]1CC[C@]2(NCCN3C[C@@H]4C[C@H]3CS4(=O)=O)CC[C@]3(C)[C@H](CC[C@@H]4[C@@]5(C)CC[C@@H](c6ccc(C(=O)O)cc6)C(C)(C)[C@@H]5CC[C@]43C)[C@@H]12. The fraction of sp³-hybridized carbons (Fsp3) is 0.837. The number of benzene rings is 1. The van der Waals surface area contributed by atoms with E-state index in [-0.39, 0.29) is 22.2 Å². The summed E-state index contributed by atoms with van der Waals surface area (Å²) in [4.78, 5) is 14.1. The molecule has 12 atom stereocenters.